The first-order chi connectivity index (χ1) is 10.8. The number of benzene rings is 1. The standard InChI is InChI=1S/C15H14N6O/c22-14(15-18-20-21-19-15)9-13-8-12(16-10-17-13)7-6-11-4-2-1-3-5-11/h1-5,8-10,22H,6-7H2,(H,18,19,20,21)/b14-9-. The Kier molecular flexibility index (Phi) is 4.15. The molecule has 0 amide bonds. The molecule has 0 aliphatic carbocycles. The molecule has 3 aromatic rings. The second-order valence-electron chi connectivity index (χ2n) is 4.68. The highest BCUT2D eigenvalue weighted by atomic mass is 16.3. The van der Waals surface area contributed by atoms with E-state index in [0.717, 1.165) is 18.5 Å². The number of hydrogen-bond donors (Lipinski definition) is 2. The number of aliphatic hydroxyl groups is 1. The Labute approximate surface area is 126 Å². The third kappa shape index (κ3) is 3.51. The van der Waals surface area contributed by atoms with Crippen LogP contribution in [0.3, 0.4) is 0 Å². The molecule has 0 unspecified atom stereocenters. The molecule has 0 bridgehead atoms. The highest BCUT2D eigenvalue weighted by Crippen LogP contribution is 2.11. The Hall–Kier alpha value is -3.09. The first-order valence-electron chi connectivity index (χ1n) is 6.80. The van der Waals surface area contributed by atoms with E-state index in [-0.39, 0.29) is 11.6 Å². The molecule has 0 saturated heterocycles. The number of H-pyrrole nitrogens is 1. The predicted octanol–water partition coefficient (Wildman–Crippen LogP) is 1.83. The van der Waals surface area contributed by atoms with E-state index in [1.807, 2.05) is 24.3 Å². The van der Waals surface area contributed by atoms with Crippen molar-refractivity contribution in [2.75, 3.05) is 0 Å². The number of aryl methyl sites for hydroxylation is 2. The van der Waals surface area contributed by atoms with Gasteiger partial charge >= 0.3 is 0 Å². The first kappa shape index (κ1) is 13.9. The molecule has 110 valence electrons. The van der Waals surface area contributed by atoms with E-state index in [1.54, 1.807) is 0 Å². The van der Waals surface area contributed by atoms with Gasteiger partial charge in [0, 0.05) is 11.8 Å². The zero-order valence-electron chi connectivity index (χ0n) is 11.7. The predicted molar refractivity (Wildman–Crippen MR) is 80.6 cm³/mol. The molecule has 3 rings (SSSR count). The minimum atomic E-state index is -0.0959. The van der Waals surface area contributed by atoms with Crippen molar-refractivity contribution in [2.24, 2.45) is 0 Å². The zero-order valence-corrected chi connectivity index (χ0v) is 11.7. The maximum atomic E-state index is 9.88. The van der Waals surface area contributed by atoms with Gasteiger partial charge < -0.3 is 5.11 Å². The Balaban J connectivity index is 1.71. The van der Waals surface area contributed by atoms with Crippen LogP contribution in [0.1, 0.15) is 22.8 Å². The Bertz CT molecular complexity index is 755. The molecule has 0 aliphatic rings. The molecule has 0 atom stereocenters. The van der Waals surface area contributed by atoms with Gasteiger partial charge in [0.1, 0.15) is 6.33 Å². The maximum absolute atomic E-state index is 9.88. The lowest BCUT2D eigenvalue weighted by Gasteiger charge is -2.02. The lowest BCUT2D eigenvalue weighted by Crippen LogP contribution is -1.97. The summed E-state index contributed by atoms with van der Waals surface area (Å²) >= 11 is 0. The SMILES string of the molecule is O/C(=C\c1cc(CCc2ccccc2)ncn1)c1nn[nH]n1. The summed E-state index contributed by atoms with van der Waals surface area (Å²) in [4.78, 5) is 8.36. The van der Waals surface area contributed by atoms with Gasteiger partial charge in [-0.1, -0.05) is 30.3 Å². The molecule has 2 heterocycles. The van der Waals surface area contributed by atoms with Gasteiger partial charge in [0.25, 0.3) is 0 Å². The number of rotatable bonds is 5. The van der Waals surface area contributed by atoms with Gasteiger partial charge in [0.15, 0.2) is 5.76 Å². The van der Waals surface area contributed by atoms with Crippen molar-refractivity contribution >= 4 is 11.8 Å². The van der Waals surface area contributed by atoms with E-state index in [2.05, 4.69) is 42.7 Å². The molecule has 22 heavy (non-hydrogen) atoms. The number of nitrogens with one attached hydrogen (secondary N) is 1. The smallest absolute Gasteiger partial charge is 0.238 e. The fourth-order valence-electron chi connectivity index (χ4n) is 2.02. The van der Waals surface area contributed by atoms with Gasteiger partial charge in [-0.05, 0) is 29.7 Å². The van der Waals surface area contributed by atoms with Gasteiger partial charge in [0.05, 0.1) is 5.69 Å². The summed E-state index contributed by atoms with van der Waals surface area (Å²) < 4.78 is 0. The molecular formula is C15H14N6O. The van der Waals surface area contributed by atoms with Crippen LogP contribution >= 0.6 is 0 Å². The van der Waals surface area contributed by atoms with E-state index in [0.29, 0.717) is 5.69 Å². The van der Waals surface area contributed by atoms with Crippen LogP contribution in [-0.4, -0.2) is 35.7 Å². The quantitative estimate of drug-likeness (QED) is 0.696. The third-order valence-electron chi connectivity index (χ3n) is 3.12. The van der Waals surface area contributed by atoms with Crippen molar-refractivity contribution in [3.8, 4) is 0 Å². The van der Waals surface area contributed by atoms with Crippen molar-refractivity contribution in [3.63, 3.8) is 0 Å². The summed E-state index contributed by atoms with van der Waals surface area (Å²) in [5.41, 5.74) is 2.76. The summed E-state index contributed by atoms with van der Waals surface area (Å²) in [5.74, 6) is 0.0332. The lowest BCUT2D eigenvalue weighted by atomic mass is 10.1. The van der Waals surface area contributed by atoms with Crippen molar-refractivity contribution < 1.29 is 5.11 Å². The molecular weight excluding hydrogens is 280 g/mol. The molecule has 0 radical (unpaired) electrons. The molecule has 0 fully saturated rings. The topological polar surface area (TPSA) is 100 Å². The van der Waals surface area contributed by atoms with E-state index < -0.39 is 0 Å². The summed E-state index contributed by atoms with van der Waals surface area (Å²) in [6.07, 6.45) is 4.67. The summed E-state index contributed by atoms with van der Waals surface area (Å²) in [7, 11) is 0. The Morgan fingerprint density at radius 2 is 2.00 bits per heavy atom. The van der Waals surface area contributed by atoms with E-state index >= 15 is 0 Å². The number of tetrazole rings is 1. The summed E-state index contributed by atoms with van der Waals surface area (Å²) in [6.45, 7) is 0. The van der Waals surface area contributed by atoms with Crippen LogP contribution in [0.4, 0.5) is 0 Å². The lowest BCUT2D eigenvalue weighted by molar-refractivity contribution is 0.508. The van der Waals surface area contributed by atoms with Crippen LogP contribution < -0.4 is 0 Å². The number of aliphatic hydroxyl groups excluding tert-OH is 1. The summed E-state index contributed by atoms with van der Waals surface area (Å²) in [6, 6.07) is 12.0. The molecule has 7 nitrogen and oxygen atoms in total. The van der Waals surface area contributed by atoms with Crippen molar-refractivity contribution in [2.45, 2.75) is 12.8 Å². The van der Waals surface area contributed by atoms with Gasteiger partial charge in [-0.3, -0.25) is 0 Å². The monoisotopic (exact) mass is 294 g/mol. The number of hydrogen-bond acceptors (Lipinski definition) is 6. The van der Waals surface area contributed by atoms with Gasteiger partial charge in [0.2, 0.25) is 5.82 Å². The highest BCUT2D eigenvalue weighted by Gasteiger charge is 2.05. The van der Waals surface area contributed by atoms with Crippen molar-refractivity contribution in [1.82, 2.24) is 30.6 Å². The molecule has 2 N–H and O–H groups in total. The normalized spacial score (nSPS) is 11.5. The Morgan fingerprint density at radius 3 is 2.77 bits per heavy atom. The molecule has 0 spiro atoms. The maximum Gasteiger partial charge on any atom is 0.238 e. The largest absolute Gasteiger partial charge is 0.504 e. The molecule has 2 aromatic heterocycles. The minimum Gasteiger partial charge on any atom is -0.504 e. The fourth-order valence-corrected chi connectivity index (χ4v) is 2.02. The second kappa shape index (κ2) is 6.57. The summed E-state index contributed by atoms with van der Waals surface area (Å²) in [5, 5.41) is 23.0. The van der Waals surface area contributed by atoms with E-state index in [1.165, 1.54) is 18.0 Å². The van der Waals surface area contributed by atoms with Gasteiger partial charge in [-0.2, -0.15) is 5.21 Å². The molecule has 1 aromatic carbocycles. The average Bonchev–Trinajstić information content (AvgIpc) is 3.09. The zero-order chi connectivity index (χ0) is 15.2. The fraction of sp³-hybridized carbons (Fsp3) is 0.133. The van der Waals surface area contributed by atoms with Crippen LogP contribution in [0.25, 0.3) is 11.8 Å². The number of aromatic amines is 1. The van der Waals surface area contributed by atoms with Crippen LogP contribution in [0.2, 0.25) is 0 Å². The van der Waals surface area contributed by atoms with Crippen LogP contribution in [0.15, 0.2) is 42.7 Å². The van der Waals surface area contributed by atoms with Crippen molar-refractivity contribution in [3.05, 3.63) is 65.5 Å². The van der Waals surface area contributed by atoms with Crippen LogP contribution in [0.5, 0.6) is 0 Å². The first-order valence-corrected chi connectivity index (χ1v) is 6.80. The molecule has 0 aliphatic heterocycles. The van der Waals surface area contributed by atoms with Crippen LogP contribution in [-0.2, 0) is 12.8 Å². The number of aromatic nitrogens is 6. The highest BCUT2D eigenvalue weighted by molar-refractivity contribution is 5.71. The molecule has 0 saturated carbocycles. The minimum absolute atomic E-state index is 0.0959. The van der Waals surface area contributed by atoms with Crippen molar-refractivity contribution in [1.29, 1.82) is 0 Å². The molecule has 7 heteroatoms. The second-order valence-corrected chi connectivity index (χ2v) is 4.68. The Morgan fingerprint density at radius 1 is 1.14 bits per heavy atom. The third-order valence-corrected chi connectivity index (χ3v) is 3.12. The van der Waals surface area contributed by atoms with Crippen LogP contribution in [0, 0.1) is 0 Å². The number of nitrogens with zero attached hydrogens (tertiary/aromatic N) is 5. The van der Waals surface area contributed by atoms with E-state index in [4.69, 9.17) is 0 Å². The van der Waals surface area contributed by atoms with Gasteiger partial charge in [-0.25, -0.2) is 9.97 Å². The van der Waals surface area contributed by atoms with Gasteiger partial charge in [-0.15, -0.1) is 10.2 Å². The van der Waals surface area contributed by atoms with E-state index in [9.17, 15) is 5.11 Å². The average molecular weight is 294 g/mol.